The molecule has 1 saturated carbocycles. The Morgan fingerprint density at radius 1 is 1.03 bits per heavy atom. The normalized spacial score (nSPS) is 15.4. The Morgan fingerprint density at radius 3 is 2.27 bits per heavy atom. The monoisotopic (exact) mass is 472 g/mol. The van der Waals surface area contributed by atoms with Crippen LogP contribution in [0.5, 0.6) is 5.75 Å². The molecule has 33 heavy (non-hydrogen) atoms. The van der Waals surface area contributed by atoms with Gasteiger partial charge in [0, 0.05) is 6.04 Å². The van der Waals surface area contributed by atoms with Crippen LogP contribution in [0.25, 0.3) is 0 Å². The summed E-state index contributed by atoms with van der Waals surface area (Å²) in [4.78, 5) is 13.1. The fraction of sp³-hybridized carbons (Fsp3) is 0.500. The molecule has 3 rings (SSSR count). The highest BCUT2D eigenvalue weighted by atomic mass is 32.2. The molecule has 1 aliphatic rings. The number of hydrogen-bond acceptors (Lipinski definition) is 4. The van der Waals surface area contributed by atoms with Crippen molar-refractivity contribution < 1.29 is 17.9 Å². The summed E-state index contributed by atoms with van der Waals surface area (Å²) in [6.45, 7) is 3.60. The number of anilines is 1. The summed E-state index contributed by atoms with van der Waals surface area (Å²) in [5, 5.41) is 3.10. The summed E-state index contributed by atoms with van der Waals surface area (Å²) in [7, 11) is -2.59. The molecule has 1 N–H and O–H groups in total. The van der Waals surface area contributed by atoms with E-state index in [-0.39, 0.29) is 29.1 Å². The molecule has 0 saturated heterocycles. The number of amides is 1. The van der Waals surface area contributed by atoms with Crippen LogP contribution in [0.3, 0.4) is 0 Å². The van der Waals surface area contributed by atoms with Crippen molar-refractivity contribution in [1.29, 1.82) is 0 Å². The topological polar surface area (TPSA) is 75.7 Å². The number of nitrogens with zero attached hydrogens (tertiary/aromatic N) is 1. The van der Waals surface area contributed by atoms with Crippen molar-refractivity contribution in [3.8, 4) is 5.75 Å². The van der Waals surface area contributed by atoms with Gasteiger partial charge in [-0.15, -0.1) is 0 Å². The first kappa shape index (κ1) is 25.1. The van der Waals surface area contributed by atoms with E-state index in [0.717, 1.165) is 43.2 Å². The van der Waals surface area contributed by atoms with Crippen LogP contribution in [0.15, 0.2) is 47.4 Å². The van der Waals surface area contributed by atoms with Gasteiger partial charge < -0.3 is 10.1 Å². The molecule has 0 unspecified atom stereocenters. The molecule has 0 heterocycles. The van der Waals surface area contributed by atoms with E-state index in [0.29, 0.717) is 5.69 Å². The zero-order valence-electron chi connectivity index (χ0n) is 20.0. The molecule has 6 nitrogen and oxygen atoms in total. The van der Waals surface area contributed by atoms with Crippen molar-refractivity contribution >= 4 is 21.6 Å². The van der Waals surface area contributed by atoms with Crippen LogP contribution < -0.4 is 14.4 Å². The van der Waals surface area contributed by atoms with Gasteiger partial charge in [0.25, 0.3) is 10.0 Å². The van der Waals surface area contributed by atoms with E-state index >= 15 is 0 Å². The molecule has 0 radical (unpaired) electrons. The second-order valence-electron chi connectivity index (χ2n) is 8.80. The van der Waals surface area contributed by atoms with Crippen molar-refractivity contribution in [1.82, 2.24) is 5.32 Å². The summed E-state index contributed by atoms with van der Waals surface area (Å²) >= 11 is 0. The van der Waals surface area contributed by atoms with E-state index in [4.69, 9.17) is 4.74 Å². The third-order valence-electron chi connectivity index (χ3n) is 6.28. The minimum absolute atomic E-state index is 0.0586. The molecule has 180 valence electrons. The van der Waals surface area contributed by atoms with Crippen molar-refractivity contribution in [2.45, 2.75) is 76.2 Å². The molecule has 1 aliphatic carbocycles. The first-order valence-electron chi connectivity index (χ1n) is 11.9. The number of methoxy groups -OCH3 is 1. The highest BCUT2D eigenvalue weighted by Gasteiger charge is 2.30. The maximum Gasteiger partial charge on any atom is 0.268 e. The molecule has 0 atom stereocenters. The average Bonchev–Trinajstić information content (AvgIpc) is 2.79. The summed E-state index contributed by atoms with van der Waals surface area (Å²) in [6, 6.07) is 12.5. The third kappa shape index (κ3) is 6.50. The lowest BCUT2D eigenvalue weighted by atomic mass is 9.97. The average molecular weight is 473 g/mol. The van der Waals surface area contributed by atoms with Crippen LogP contribution in [0.1, 0.15) is 63.0 Å². The standard InChI is InChI=1S/C26H36N2O4S/c1-4-21-13-15-23(16-14-21)28(19-26(29)27-22-10-8-6-5-7-9-11-22)33(30,31)25-18-20(2)12-17-24(25)32-3/h12-18,22H,4-11,19H2,1-3H3,(H,27,29). The highest BCUT2D eigenvalue weighted by molar-refractivity contribution is 7.93. The van der Waals surface area contributed by atoms with E-state index in [1.165, 1.54) is 30.7 Å². The molecule has 0 spiro atoms. The van der Waals surface area contributed by atoms with E-state index in [9.17, 15) is 13.2 Å². The van der Waals surface area contributed by atoms with E-state index in [2.05, 4.69) is 5.32 Å². The molecule has 2 aromatic rings. The molecule has 0 aliphatic heterocycles. The van der Waals surface area contributed by atoms with Crippen molar-refractivity contribution in [3.63, 3.8) is 0 Å². The van der Waals surface area contributed by atoms with Gasteiger partial charge in [0.2, 0.25) is 5.91 Å². The lowest BCUT2D eigenvalue weighted by molar-refractivity contribution is -0.120. The van der Waals surface area contributed by atoms with Gasteiger partial charge >= 0.3 is 0 Å². The van der Waals surface area contributed by atoms with E-state index in [1.54, 1.807) is 30.3 Å². The summed E-state index contributed by atoms with van der Waals surface area (Å²) in [5.41, 5.74) is 2.36. The Labute approximate surface area is 198 Å². The van der Waals surface area contributed by atoms with Gasteiger partial charge in [-0.2, -0.15) is 0 Å². The maximum absolute atomic E-state index is 13.8. The zero-order valence-corrected chi connectivity index (χ0v) is 20.8. The Hall–Kier alpha value is -2.54. The van der Waals surface area contributed by atoms with Crippen LogP contribution in [0, 0.1) is 6.92 Å². The number of ether oxygens (including phenoxy) is 1. The van der Waals surface area contributed by atoms with E-state index in [1.807, 2.05) is 26.0 Å². The zero-order chi connectivity index (χ0) is 23.8. The van der Waals surface area contributed by atoms with Crippen LogP contribution in [-0.4, -0.2) is 34.0 Å². The predicted molar refractivity (Wildman–Crippen MR) is 132 cm³/mol. The number of hydrogen-bond donors (Lipinski definition) is 1. The van der Waals surface area contributed by atoms with Crippen molar-refractivity contribution in [2.24, 2.45) is 0 Å². The van der Waals surface area contributed by atoms with E-state index < -0.39 is 10.0 Å². The number of carbonyl (C=O) groups is 1. The Balaban J connectivity index is 1.92. The smallest absolute Gasteiger partial charge is 0.268 e. The summed E-state index contributed by atoms with van der Waals surface area (Å²) < 4.78 is 34.2. The molecule has 7 heteroatoms. The van der Waals surface area contributed by atoms with Gasteiger partial charge in [0.1, 0.15) is 17.2 Å². The number of aryl methyl sites for hydroxylation is 2. The lowest BCUT2D eigenvalue weighted by Crippen LogP contribution is -2.44. The first-order valence-corrected chi connectivity index (χ1v) is 13.3. The minimum atomic E-state index is -4.04. The SMILES string of the molecule is CCc1ccc(N(CC(=O)NC2CCCCCCC2)S(=O)(=O)c2cc(C)ccc2OC)cc1. The molecule has 2 aromatic carbocycles. The molecule has 1 fully saturated rings. The number of benzene rings is 2. The number of sulfonamides is 1. The second kappa shape index (κ2) is 11.5. The number of rotatable bonds is 8. The van der Waals surface area contributed by atoms with Crippen LogP contribution in [0.2, 0.25) is 0 Å². The van der Waals surface area contributed by atoms with Crippen LogP contribution in [0.4, 0.5) is 5.69 Å². The van der Waals surface area contributed by atoms with Gasteiger partial charge in [-0.3, -0.25) is 9.10 Å². The summed E-state index contributed by atoms with van der Waals surface area (Å²) in [5.74, 6) is -0.0217. The molecule has 0 aromatic heterocycles. The highest BCUT2D eigenvalue weighted by Crippen LogP contribution is 2.31. The number of carbonyl (C=O) groups excluding carboxylic acids is 1. The Kier molecular flexibility index (Phi) is 8.78. The van der Waals surface area contributed by atoms with Gasteiger partial charge in [0.15, 0.2) is 0 Å². The third-order valence-corrected chi connectivity index (χ3v) is 8.07. The fourth-order valence-corrected chi connectivity index (χ4v) is 5.99. The Bertz CT molecular complexity index is 1030. The van der Waals surface area contributed by atoms with Crippen molar-refractivity contribution in [3.05, 3.63) is 53.6 Å². The van der Waals surface area contributed by atoms with Crippen molar-refractivity contribution in [2.75, 3.05) is 18.0 Å². The minimum Gasteiger partial charge on any atom is -0.495 e. The number of nitrogens with one attached hydrogen (secondary N) is 1. The fourth-order valence-electron chi connectivity index (χ4n) is 4.32. The van der Waals surface area contributed by atoms with Gasteiger partial charge in [-0.1, -0.05) is 57.2 Å². The molecule has 0 bridgehead atoms. The predicted octanol–water partition coefficient (Wildman–Crippen LogP) is 4.99. The quantitative estimate of drug-likeness (QED) is 0.587. The maximum atomic E-state index is 13.8. The largest absolute Gasteiger partial charge is 0.495 e. The van der Waals surface area contributed by atoms with Gasteiger partial charge in [-0.25, -0.2) is 8.42 Å². The van der Waals surface area contributed by atoms with Gasteiger partial charge in [-0.05, 0) is 61.6 Å². The summed E-state index contributed by atoms with van der Waals surface area (Å²) in [6.07, 6.45) is 8.52. The molecular weight excluding hydrogens is 436 g/mol. The molecular formula is C26H36N2O4S. The first-order chi connectivity index (χ1) is 15.8. The Morgan fingerprint density at radius 2 is 1.67 bits per heavy atom. The molecule has 1 amide bonds. The second-order valence-corrected chi connectivity index (χ2v) is 10.6. The van der Waals surface area contributed by atoms with Crippen LogP contribution in [-0.2, 0) is 21.2 Å². The van der Waals surface area contributed by atoms with Gasteiger partial charge in [0.05, 0.1) is 12.8 Å². The lowest BCUT2D eigenvalue weighted by Gasteiger charge is -2.27. The van der Waals surface area contributed by atoms with Crippen LogP contribution >= 0.6 is 0 Å².